The molecule has 0 saturated carbocycles. The van der Waals surface area contributed by atoms with Gasteiger partial charge in [-0.3, -0.25) is 0 Å². The maximum Gasteiger partial charge on any atom is 0.460 e. The Morgan fingerprint density at radius 2 is 0.810 bits per heavy atom. The molecule has 0 unspecified atom stereocenters. The minimum Gasteiger partial charge on any atom is -0.202 e. The van der Waals surface area contributed by atoms with Gasteiger partial charge in [-0.15, -0.1) is 0 Å². The fraction of sp³-hybridized carbons (Fsp3) is 0.714. The SMILES string of the molecule is F/C(=C(\F)C(F)(F)C(F)(F)C(F)(F)C(F)(F)F)C(F)(F)F. The predicted octanol–water partition coefficient (Wildman–Crippen LogP) is 5.17. The van der Waals surface area contributed by atoms with E-state index in [0.29, 0.717) is 0 Å². The van der Waals surface area contributed by atoms with E-state index in [1.165, 1.54) is 0 Å². The molecule has 21 heavy (non-hydrogen) atoms. The molecule has 0 aliphatic carbocycles. The fourth-order valence-electron chi connectivity index (χ4n) is 0.775. The van der Waals surface area contributed by atoms with Crippen LogP contribution in [0.2, 0.25) is 0 Å². The lowest BCUT2D eigenvalue weighted by Gasteiger charge is -2.32. The number of rotatable bonds is 3. The third-order valence-electron chi connectivity index (χ3n) is 1.86. The summed E-state index contributed by atoms with van der Waals surface area (Å²) in [6, 6.07) is 0. The summed E-state index contributed by atoms with van der Waals surface area (Å²) in [5.74, 6) is -32.1. The summed E-state index contributed by atoms with van der Waals surface area (Å²) in [5, 5.41) is 0. The Kier molecular flexibility index (Phi) is 4.61. The van der Waals surface area contributed by atoms with Gasteiger partial charge in [0.15, 0.2) is 0 Å². The van der Waals surface area contributed by atoms with Crippen molar-refractivity contribution in [2.75, 3.05) is 0 Å². The first kappa shape index (κ1) is 19.8. The number of allylic oxidation sites excluding steroid dienone is 2. The summed E-state index contributed by atoms with van der Waals surface area (Å²) in [4.78, 5) is 0. The molecule has 0 aromatic heterocycles. The zero-order valence-corrected chi connectivity index (χ0v) is 8.79. The quantitative estimate of drug-likeness (QED) is 0.617. The molecular formula is C7F14. The highest BCUT2D eigenvalue weighted by molar-refractivity contribution is 5.20. The van der Waals surface area contributed by atoms with Gasteiger partial charge in [0.1, 0.15) is 0 Å². The zero-order chi connectivity index (χ0) is 17.7. The highest BCUT2D eigenvalue weighted by Gasteiger charge is 2.83. The third-order valence-corrected chi connectivity index (χ3v) is 1.86. The molecular weight excluding hydrogens is 350 g/mol. The first-order valence-corrected chi connectivity index (χ1v) is 4.15. The van der Waals surface area contributed by atoms with E-state index in [9.17, 15) is 61.5 Å². The van der Waals surface area contributed by atoms with E-state index >= 15 is 0 Å². The van der Waals surface area contributed by atoms with E-state index in [4.69, 9.17) is 0 Å². The van der Waals surface area contributed by atoms with Gasteiger partial charge >= 0.3 is 30.1 Å². The summed E-state index contributed by atoms with van der Waals surface area (Å²) in [6.07, 6.45) is -14.0. The van der Waals surface area contributed by atoms with Crippen LogP contribution in [0.1, 0.15) is 0 Å². The van der Waals surface area contributed by atoms with Gasteiger partial charge in [-0.25, -0.2) is 4.39 Å². The summed E-state index contributed by atoms with van der Waals surface area (Å²) in [7, 11) is 0. The van der Waals surface area contributed by atoms with Crippen LogP contribution < -0.4 is 0 Å². The number of halogens is 14. The Labute approximate surface area is 105 Å². The van der Waals surface area contributed by atoms with Gasteiger partial charge in [0.25, 0.3) is 0 Å². The van der Waals surface area contributed by atoms with E-state index in [1.807, 2.05) is 0 Å². The molecule has 0 saturated heterocycles. The monoisotopic (exact) mass is 350 g/mol. The van der Waals surface area contributed by atoms with Crippen molar-refractivity contribution in [3.63, 3.8) is 0 Å². The molecule has 0 aromatic rings. The normalized spacial score (nSPS) is 16.9. The molecule has 0 bridgehead atoms. The number of hydrogen-bond donors (Lipinski definition) is 0. The standard InChI is InChI=1S/C7F14/c8-1(2(9)4(12,13)14)3(10,11)5(15,16)6(17,18)7(19,20)21/b2-1-. The van der Waals surface area contributed by atoms with Crippen molar-refractivity contribution in [1.82, 2.24) is 0 Å². The van der Waals surface area contributed by atoms with Crippen LogP contribution in [0.3, 0.4) is 0 Å². The van der Waals surface area contributed by atoms with Gasteiger partial charge in [-0.1, -0.05) is 0 Å². The molecule has 0 spiro atoms. The highest BCUT2D eigenvalue weighted by Crippen LogP contribution is 2.56. The Morgan fingerprint density at radius 1 is 0.476 bits per heavy atom. The first-order valence-electron chi connectivity index (χ1n) is 4.15. The summed E-state index contributed by atoms with van der Waals surface area (Å²) < 4.78 is 168. The fourth-order valence-corrected chi connectivity index (χ4v) is 0.775. The Bertz CT molecular complexity index is 420. The first-order chi connectivity index (χ1) is 8.82. The van der Waals surface area contributed by atoms with E-state index in [0.717, 1.165) is 0 Å². The number of hydrogen-bond acceptors (Lipinski definition) is 0. The van der Waals surface area contributed by atoms with Crippen LogP contribution in [-0.2, 0) is 0 Å². The molecule has 0 nitrogen and oxygen atoms in total. The van der Waals surface area contributed by atoms with Crippen molar-refractivity contribution in [2.45, 2.75) is 30.1 Å². The molecule has 0 fully saturated rings. The topological polar surface area (TPSA) is 0 Å². The molecule has 0 aromatic carbocycles. The molecule has 0 amide bonds. The van der Waals surface area contributed by atoms with Gasteiger partial charge in [0.05, 0.1) is 0 Å². The maximum atomic E-state index is 12.5. The lowest BCUT2D eigenvalue weighted by Crippen LogP contribution is -2.61. The van der Waals surface area contributed by atoms with Crippen LogP contribution in [0.25, 0.3) is 0 Å². The Balaban J connectivity index is 6.15. The molecule has 0 heterocycles. The lowest BCUT2D eigenvalue weighted by atomic mass is 10.0. The average Bonchev–Trinajstić information content (AvgIpc) is 2.23. The molecule has 14 heteroatoms. The van der Waals surface area contributed by atoms with E-state index < -0.39 is 41.8 Å². The van der Waals surface area contributed by atoms with Crippen molar-refractivity contribution in [3.8, 4) is 0 Å². The molecule has 0 aliphatic rings. The largest absolute Gasteiger partial charge is 0.460 e. The van der Waals surface area contributed by atoms with Gasteiger partial charge < -0.3 is 0 Å². The van der Waals surface area contributed by atoms with Crippen molar-refractivity contribution in [2.24, 2.45) is 0 Å². The van der Waals surface area contributed by atoms with Crippen molar-refractivity contribution in [1.29, 1.82) is 0 Å². The van der Waals surface area contributed by atoms with E-state index in [1.54, 1.807) is 0 Å². The van der Waals surface area contributed by atoms with Gasteiger partial charge in [0.2, 0.25) is 11.7 Å². The second-order valence-electron chi connectivity index (χ2n) is 3.35. The highest BCUT2D eigenvalue weighted by atomic mass is 19.4. The van der Waals surface area contributed by atoms with Gasteiger partial charge in [0, 0.05) is 0 Å². The zero-order valence-electron chi connectivity index (χ0n) is 8.79. The second kappa shape index (κ2) is 4.90. The van der Waals surface area contributed by atoms with Crippen molar-refractivity contribution < 1.29 is 61.5 Å². The predicted molar refractivity (Wildman–Crippen MR) is 36.2 cm³/mol. The van der Waals surface area contributed by atoms with E-state index in [2.05, 4.69) is 0 Å². The molecule has 0 aliphatic heterocycles. The van der Waals surface area contributed by atoms with Crippen LogP contribution in [0, 0.1) is 0 Å². The number of alkyl halides is 12. The maximum absolute atomic E-state index is 12.5. The second-order valence-corrected chi connectivity index (χ2v) is 3.35. The minimum atomic E-state index is -7.72. The van der Waals surface area contributed by atoms with Crippen LogP contribution in [0.5, 0.6) is 0 Å². The lowest BCUT2D eigenvalue weighted by molar-refractivity contribution is -0.392. The van der Waals surface area contributed by atoms with Gasteiger partial charge in [-0.05, 0) is 0 Å². The van der Waals surface area contributed by atoms with Gasteiger partial charge in [-0.2, -0.15) is 57.1 Å². The Morgan fingerprint density at radius 3 is 1.05 bits per heavy atom. The van der Waals surface area contributed by atoms with Crippen LogP contribution in [0.4, 0.5) is 61.5 Å². The molecule has 126 valence electrons. The van der Waals surface area contributed by atoms with Crippen LogP contribution in [-0.4, -0.2) is 30.1 Å². The molecule has 0 rings (SSSR count). The molecule has 0 atom stereocenters. The Hall–Kier alpha value is -1.24. The van der Waals surface area contributed by atoms with Crippen LogP contribution in [0.15, 0.2) is 11.7 Å². The average molecular weight is 350 g/mol. The smallest absolute Gasteiger partial charge is 0.202 e. The summed E-state index contributed by atoms with van der Waals surface area (Å²) >= 11 is 0. The van der Waals surface area contributed by atoms with Crippen molar-refractivity contribution >= 4 is 0 Å². The molecule has 0 radical (unpaired) electrons. The third kappa shape index (κ3) is 3.02. The van der Waals surface area contributed by atoms with Crippen LogP contribution >= 0.6 is 0 Å². The van der Waals surface area contributed by atoms with E-state index in [-0.39, 0.29) is 0 Å². The summed E-state index contributed by atoms with van der Waals surface area (Å²) in [6.45, 7) is 0. The minimum absolute atomic E-state index is 4.56. The van der Waals surface area contributed by atoms with Crippen molar-refractivity contribution in [3.05, 3.63) is 11.7 Å². The molecule has 0 N–H and O–H groups in total. The summed E-state index contributed by atoms with van der Waals surface area (Å²) in [5.41, 5.74) is 0.